The maximum atomic E-state index is 8.58. The van der Waals surface area contributed by atoms with Crippen LogP contribution < -0.4 is 15.2 Å². The molecule has 0 spiro atoms. The van der Waals surface area contributed by atoms with Crippen LogP contribution in [0, 0.1) is 11.3 Å². The highest BCUT2D eigenvalue weighted by atomic mass is 79.9. The number of nitrogens with zero attached hydrogens (tertiary/aromatic N) is 1. The Balaban J connectivity index is 2.37. The molecule has 0 aromatic heterocycles. The van der Waals surface area contributed by atoms with Crippen LogP contribution in [0.3, 0.4) is 0 Å². The summed E-state index contributed by atoms with van der Waals surface area (Å²) in [7, 11) is 0. The van der Waals surface area contributed by atoms with Gasteiger partial charge in [-0.1, -0.05) is 15.9 Å². The first kappa shape index (κ1) is 10.3. The van der Waals surface area contributed by atoms with Crippen molar-refractivity contribution in [2.24, 2.45) is 5.73 Å². The van der Waals surface area contributed by atoms with Crippen LogP contribution in [0.2, 0.25) is 0 Å². The van der Waals surface area contributed by atoms with Gasteiger partial charge in [0.2, 0.25) is 6.79 Å². The predicted octanol–water partition coefficient (Wildman–Crippen LogP) is 2.09. The average Bonchev–Trinajstić information content (AvgIpc) is 2.63. The minimum absolute atomic E-state index is 0.235. The Morgan fingerprint density at radius 1 is 1.47 bits per heavy atom. The molecule has 0 saturated carbocycles. The van der Waals surface area contributed by atoms with Gasteiger partial charge in [-0.05, 0) is 17.7 Å². The monoisotopic (exact) mass is 268 g/mol. The van der Waals surface area contributed by atoms with Crippen molar-refractivity contribution in [1.29, 1.82) is 5.26 Å². The molecule has 0 saturated heterocycles. The smallest absolute Gasteiger partial charge is 0.231 e. The standard InChI is InChI=1S/C10H9BrN2O2/c11-7-4-10-9(14-5-15-10)3-6(7)8(13)1-2-12/h3-4,8H,1,5,13H2/t8-/m0/s1. The van der Waals surface area contributed by atoms with Gasteiger partial charge in [-0.2, -0.15) is 5.26 Å². The third kappa shape index (κ3) is 1.91. The van der Waals surface area contributed by atoms with Crippen LogP contribution >= 0.6 is 15.9 Å². The highest BCUT2D eigenvalue weighted by molar-refractivity contribution is 9.10. The first-order valence-electron chi connectivity index (χ1n) is 4.44. The fourth-order valence-electron chi connectivity index (χ4n) is 1.43. The zero-order valence-electron chi connectivity index (χ0n) is 7.87. The number of rotatable bonds is 2. The van der Waals surface area contributed by atoms with Crippen molar-refractivity contribution in [2.75, 3.05) is 6.79 Å². The van der Waals surface area contributed by atoms with Gasteiger partial charge in [-0.3, -0.25) is 0 Å². The van der Waals surface area contributed by atoms with Gasteiger partial charge >= 0.3 is 0 Å². The van der Waals surface area contributed by atoms with E-state index in [4.69, 9.17) is 20.5 Å². The van der Waals surface area contributed by atoms with E-state index in [2.05, 4.69) is 15.9 Å². The molecule has 0 radical (unpaired) electrons. The molecule has 1 atom stereocenters. The molecular formula is C10H9BrN2O2. The van der Waals surface area contributed by atoms with Crippen molar-refractivity contribution in [3.05, 3.63) is 22.2 Å². The molecule has 4 nitrogen and oxygen atoms in total. The number of nitrogens with two attached hydrogens (primary N) is 1. The van der Waals surface area contributed by atoms with Crippen molar-refractivity contribution in [1.82, 2.24) is 0 Å². The van der Waals surface area contributed by atoms with Crippen molar-refractivity contribution in [2.45, 2.75) is 12.5 Å². The van der Waals surface area contributed by atoms with Crippen molar-refractivity contribution in [3.63, 3.8) is 0 Å². The summed E-state index contributed by atoms with van der Waals surface area (Å²) in [6.07, 6.45) is 0.276. The molecule has 1 aromatic carbocycles. The summed E-state index contributed by atoms with van der Waals surface area (Å²) in [6.45, 7) is 0.235. The Morgan fingerprint density at radius 3 is 2.80 bits per heavy atom. The molecule has 1 aromatic rings. The number of hydrogen-bond acceptors (Lipinski definition) is 4. The fourth-order valence-corrected chi connectivity index (χ4v) is 2.04. The molecule has 15 heavy (non-hydrogen) atoms. The lowest BCUT2D eigenvalue weighted by Crippen LogP contribution is -2.09. The van der Waals surface area contributed by atoms with Gasteiger partial charge in [-0.25, -0.2) is 0 Å². The van der Waals surface area contributed by atoms with Gasteiger partial charge < -0.3 is 15.2 Å². The van der Waals surface area contributed by atoms with E-state index in [1.54, 1.807) is 0 Å². The molecule has 0 fully saturated rings. The summed E-state index contributed by atoms with van der Waals surface area (Å²) in [5.41, 5.74) is 6.71. The predicted molar refractivity (Wildman–Crippen MR) is 57.4 cm³/mol. The first-order valence-corrected chi connectivity index (χ1v) is 5.23. The highest BCUT2D eigenvalue weighted by Crippen LogP contribution is 2.38. The Bertz CT molecular complexity index is 428. The van der Waals surface area contributed by atoms with Crippen LogP contribution in [0.15, 0.2) is 16.6 Å². The van der Waals surface area contributed by atoms with E-state index in [-0.39, 0.29) is 19.3 Å². The molecule has 0 unspecified atom stereocenters. The average molecular weight is 269 g/mol. The third-order valence-corrected chi connectivity index (χ3v) is 2.89. The van der Waals surface area contributed by atoms with Gasteiger partial charge in [0.25, 0.3) is 0 Å². The number of halogens is 1. The Labute approximate surface area is 95.7 Å². The van der Waals surface area contributed by atoms with Gasteiger partial charge in [0.1, 0.15) is 0 Å². The molecule has 1 aliphatic rings. The molecule has 0 bridgehead atoms. The Morgan fingerprint density at radius 2 is 2.13 bits per heavy atom. The summed E-state index contributed by atoms with van der Waals surface area (Å²) in [6, 6.07) is 5.36. The summed E-state index contributed by atoms with van der Waals surface area (Å²) in [4.78, 5) is 0. The fraction of sp³-hybridized carbons (Fsp3) is 0.300. The second kappa shape index (κ2) is 4.09. The molecule has 78 valence electrons. The first-order chi connectivity index (χ1) is 7.22. The zero-order chi connectivity index (χ0) is 10.8. The Kier molecular flexibility index (Phi) is 2.80. The van der Waals surface area contributed by atoms with Crippen molar-refractivity contribution in [3.8, 4) is 17.6 Å². The van der Waals surface area contributed by atoms with Crippen LogP contribution in [0.1, 0.15) is 18.0 Å². The van der Waals surface area contributed by atoms with E-state index < -0.39 is 0 Å². The molecule has 1 heterocycles. The van der Waals surface area contributed by atoms with Crippen LogP contribution in [0.4, 0.5) is 0 Å². The van der Waals surface area contributed by atoms with Crippen LogP contribution in [-0.2, 0) is 0 Å². The Hall–Kier alpha value is -1.25. The number of fused-ring (bicyclic) bond motifs is 1. The SMILES string of the molecule is N#CC[C@H](N)c1cc2c(cc1Br)OCO2. The topological polar surface area (TPSA) is 68.3 Å². The third-order valence-electron chi connectivity index (χ3n) is 2.20. The summed E-state index contributed by atoms with van der Waals surface area (Å²) in [5.74, 6) is 1.39. The molecule has 5 heteroatoms. The molecule has 0 amide bonds. The van der Waals surface area contributed by atoms with Crippen molar-refractivity contribution < 1.29 is 9.47 Å². The van der Waals surface area contributed by atoms with Gasteiger partial charge in [0.15, 0.2) is 11.5 Å². The molecule has 1 aliphatic heterocycles. The number of hydrogen-bond donors (Lipinski definition) is 1. The zero-order valence-corrected chi connectivity index (χ0v) is 9.45. The summed E-state index contributed by atoms with van der Waals surface area (Å²) >= 11 is 3.40. The molecule has 0 aliphatic carbocycles. The summed E-state index contributed by atoms with van der Waals surface area (Å²) in [5, 5.41) is 8.58. The summed E-state index contributed by atoms with van der Waals surface area (Å²) < 4.78 is 11.3. The molecule has 2 rings (SSSR count). The van der Waals surface area contributed by atoms with E-state index in [9.17, 15) is 0 Å². The minimum Gasteiger partial charge on any atom is -0.454 e. The number of benzene rings is 1. The van der Waals surface area contributed by atoms with Crippen LogP contribution in [0.5, 0.6) is 11.5 Å². The maximum absolute atomic E-state index is 8.58. The van der Waals surface area contributed by atoms with E-state index in [1.165, 1.54) is 0 Å². The van der Waals surface area contributed by atoms with Gasteiger partial charge in [0, 0.05) is 10.5 Å². The highest BCUT2D eigenvalue weighted by Gasteiger charge is 2.19. The quantitative estimate of drug-likeness (QED) is 0.892. The van der Waals surface area contributed by atoms with E-state index >= 15 is 0 Å². The van der Waals surface area contributed by atoms with Crippen molar-refractivity contribution >= 4 is 15.9 Å². The maximum Gasteiger partial charge on any atom is 0.231 e. The van der Waals surface area contributed by atoms with E-state index in [0.29, 0.717) is 11.5 Å². The number of ether oxygens (including phenoxy) is 2. The second-order valence-corrected chi connectivity index (χ2v) is 4.05. The van der Waals surface area contributed by atoms with E-state index in [0.717, 1.165) is 10.0 Å². The number of nitriles is 1. The van der Waals surface area contributed by atoms with Crippen LogP contribution in [-0.4, -0.2) is 6.79 Å². The lowest BCUT2D eigenvalue weighted by molar-refractivity contribution is 0.174. The lowest BCUT2D eigenvalue weighted by atomic mass is 10.0. The lowest BCUT2D eigenvalue weighted by Gasteiger charge is -2.11. The normalized spacial score (nSPS) is 14.7. The largest absolute Gasteiger partial charge is 0.454 e. The second-order valence-electron chi connectivity index (χ2n) is 3.20. The molecule has 2 N–H and O–H groups in total. The van der Waals surface area contributed by atoms with Gasteiger partial charge in [0.05, 0.1) is 12.5 Å². The molecular weight excluding hydrogens is 260 g/mol. The van der Waals surface area contributed by atoms with Gasteiger partial charge in [-0.15, -0.1) is 0 Å². The van der Waals surface area contributed by atoms with E-state index in [1.807, 2.05) is 18.2 Å². The minimum atomic E-state index is -0.307. The van der Waals surface area contributed by atoms with Crippen LogP contribution in [0.25, 0.3) is 0 Å².